The van der Waals surface area contributed by atoms with Gasteiger partial charge in [-0.05, 0) is 55.0 Å². The predicted molar refractivity (Wildman–Crippen MR) is 113 cm³/mol. The number of hydrogen-bond acceptors (Lipinski definition) is 4. The molecule has 0 aliphatic carbocycles. The number of aryl methyl sites for hydroxylation is 1. The van der Waals surface area contributed by atoms with Gasteiger partial charge in [-0.1, -0.05) is 47.5 Å². The Bertz CT molecular complexity index is 1140. The molecular formula is C23H18ClN3O2. The van der Waals surface area contributed by atoms with Crippen molar-refractivity contribution in [2.45, 2.75) is 13.5 Å². The fourth-order valence-electron chi connectivity index (χ4n) is 2.84. The van der Waals surface area contributed by atoms with Crippen LogP contribution < -0.4 is 5.32 Å². The fourth-order valence-corrected chi connectivity index (χ4v) is 3.04. The molecule has 1 amide bonds. The molecule has 5 nitrogen and oxygen atoms in total. The van der Waals surface area contributed by atoms with E-state index in [9.17, 15) is 4.79 Å². The number of rotatable bonds is 5. The van der Waals surface area contributed by atoms with Crippen molar-refractivity contribution in [1.82, 2.24) is 15.5 Å². The van der Waals surface area contributed by atoms with Crippen molar-refractivity contribution in [3.05, 3.63) is 94.5 Å². The molecule has 0 radical (unpaired) electrons. The maximum Gasteiger partial charge on any atom is 0.251 e. The number of nitrogens with one attached hydrogen (secondary N) is 1. The average Bonchev–Trinajstić information content (AvgIpc) is 3.24. The Balaban J connectivity index is 1.44. The number of carbonyl (C=O) groups is 1. The van der Waals surface area contributed by atoms with Crippen LogP contribution in [0.2, 0.25) is 5.02 Å². The van der Waals surface area contributed by atoms with Crippen LogP contribution in [0.1, 0.15) is 21.5 Å². The number of benzene rings is 3. The van der Waals surface area contributed by atoms with E-state index in [0.717, 1.165) is 22.3 Å². The van der Waals surface area contributed by atoms with Crippen LogP contribution in [0.15, 0.2) is 77.2 Å². The van der Waals surface area contributed by atoms with Crippen LogP contribution in [-0.2, 0) is 6.54 Å². The van der Waals surface area contributed by atoms with Gasteiger partial charge in [-0.2, -0.15) is 0 Å². The highest BCUT2D eigenvalue weighted by Crippen LogP contribution is 2.24. The van der Waals surface area contributed by atoms with E-state index in [4.69, 9.17) is 16.0 Å². The minimum absolute atomic E-state index is 0.178. The van der Waals surface area contributed by atoms with Crippen LogP contribution in [-0.4, -0.2) is 16.1 Å². The van der Waals surface area contributed by atoms with Gasteiger partial charge in [0, 0.05) is 28.3 Å². The summed E-state index contributed by atoms with van der Waals surface area (Å²) in [5.74, 6) is 0.688. The second-order valence-electron chi connectivity index (χ2n) is 6.63. The highest BCUT2D eigenvalue weighted by molar-refractivity contribution is 6.31. The van der Waals surface area contributed by atoms with Crippen LogP contribution in [0.4, 0.5) is 0 Å². The highest BCUT2D eigenvalue weighted by atomic mass is 35.5. The lowest BCUT2D eigenvalue weighted by Crippen LogP contribution is -2.22. The van der Waals surface area contributed by atoms with E-state index in [2.05, 4.69) is 15.5 Å². The van der Waals surface area contributed by atoms with E-state index in [1.54, 1.807) is 30.3 Å². The minimum atomic E-state index is -0.178. The van der Waals surface area contributed by atoms with E-state index in [-0.39, 0.29) is 5.91 Å². The van der Waals surface area contributed by atoms with Gasteiger partial charge >= 0.3 is 0 Å². The third-order valence-electron chi connectivity index (χ3n) is 4.51. The Hall–Kier alpha value is -3.44. The summed E-state index contributed by atoms with van der Waals surface area (Å²) in [5.41, 5.74) is 4.19. The number of nitrogens with zero attached hydrogens (tertiary/aromatic N) is 2. The Morgan fingerprint density at radius 3 is 2.10 bits per heavy atom. The summed E-state index contributed by atoms with van der Waals surface area (Å²) >= 11 is 6.12. The zero-order chi connectivity index (χ0) is 20.2. The van der Waals surface area contributed by atoms with Gasteiger partial charge in [-0.3, -0.25) is 4.79 Å². The number of carbonyl (C=O) groups excluding carboxylic acids is 1. The molecule has 0 spiro atoms. The summed E-state index contributed by atoms with van der Waals surface area (Å²) in [6.45, 7) is 2.39. The molecule has 0 bridgehead atoms. The quantitative estimate of drug-likeness (QED) is 0.491. The fraction of sp³-hybridized carbons (Fsp3) is 0.0870. The maximum atomic E-state index is 12.4. The first-order valence-corrected chi connectivity index (χ1v) is 9.50. The van der Waals surface area contributed by atoms with Crippen molar-refractivity contribution in [2.75, 3.05) is 0 Å². The molecule has 1 N–H and O–H groups in total. The van der Waals surface area contributed by atoms with Crippen molar-refractivity contribution in [2.24, 2.45) is 0 Å². The number of hydrogen-bond donors (Lipinski definition) is 1. The van der Waals surface area contributed by atoms with Gasteiger partial charge in [-0.25, -0.2) is 0 Å². The smallest absolute Gasteiger partial charge is 0.251 e. The molecule has 29 heavy (non-hydrogen) atoms. The van der Waals surface area contributed by atoms with Crippen molar-refractivity contribution in [3.8, 4) is 22.9 Å². The summed E-state index contributed by atoms with van der Waals surface area (Å²) in [4.78, 5) is 12.4. The molecule has 3 aromatic carbocycles. The van der Waals surface area contributed by atoms with E-state index in [1.165, 1.54) is 0 Å². The molecule has 1 aromatic heterocycles. The number of halogens is 1. The van der Waals surface area contributed by atoms with Gasteiger partial charge in [0.05, 0.1) is 0 Å². The molecule has 4 aromatic rings. The summed E-state index contributed by atoms with van der Waals surface area (Å²) in [5, 5.41) is 11.7. The standard InChI is InChI=1S/C23H18ClN3O2/c1-15-6-8-17(9-7-15)22-26-27-23(29-22)18-12-10-16(11-13-18)21(28)25-14-19-4-2-3-5-20(19)24/h2-13H,14H2,1H3,(H,25,28). The van der Waals surface area contributed by atoms with Crippen LogP contribution >= 0.6 is 11.6 Å². The Morgan fingerprint density at radius 1 is 0.897 bits per heavy atom. The van der Waals surface area contributed by atoms with Gasteiger partial charge in [-0.15, -0.1) is 10.2 Å². The lowest BCUT2D eigenvalue weighted by atomic mass is 10.1. The SMILES string of the molecule is Cc1ccc(-c2nnc(-c3ccc(C(=O)NCc4ccccc4Cl)cc3)o2)cc1. The lowest BCUT2D eigenvalue weighted by molar-refractivity contribution is 0.0951. The molecule has 0 aliphatic rings. The highest BCUT2D eigenvalue weighted by Gasteiger charge is 2.12. The predicted octanol–water partition coefficient (Wildman–Crippen LogP) is 5.30. The maximum absolute atomic E-state index is 12.4. The Morgan fingerprint density at radius 2 is 1.48 bits per heavy atom. The second kappa shape index (κ2) is 8.29. The molecule has 0 saturated heterocycles. The van der Waals surface area contributed by atoms with Gasteiger partial charge in [0.25, 0.3) is 5.91 Å². The first-order valence-electron chi connectivity index (χ1n) is 9.13. The van der Waals surface area contributed by atoms with Crippen molar-refractivity contribution in [1.29, 1.82) is 0 Å². The molecule has 6 heteroatoms. The summed E-state index contributed by atoms with van der Waals surface area (Å²) in [6.07, 6.45) is 0. The molecule has 0 fully saturated rings. The van der Waals surface area contributed by atoms with Crippen molar-refractivity contribution < 1.29 is 9.21 Å². The van der Waals surface area contributed by atoms with Gasteiger partial charge in [0.2, 0.25) is 11.8 Å². The van der Waals surface area contributed by atoms with Gasteiger partial charge in [0.1, 0.15) is 0 Å². The molecule has 0 aliphatic heterocycles. The summed E-state index contributed by atoms with van der Waals surface area (Å²) in [7, 11) is 0. The van der Waals surface area contributed by atoms with Crippen molar-refractivity contribution in [3.63, 3.8) is 0 Å². The molecule has 1 heterocycles. The Kier molecular flexibility index (Phi) is 5.40. The zero-order valence-electron chi connectivity index (χ0n) is 15.7. The average molecular weight is 404 g/mol. The normalized spacial score (nSPS) is 10.7. The topological polar surface area (TPSA) is 68.0 Å². The van der Waals surface area contributed by atoms with Gasteiger partial charge < -0.3 is 9.73 Å². The molecular weight excluding hydrogens is 386 g/mol. The molecule has 144 valence electrons. The van der Waals surface area contributed by atoms with E-state index < -0.39 is 0 Å². The first-order chi connectivity index (χ1) is 14.1. The zero-order valence-corrected chi connectivity index (χ0v) is 16.5. The monoisotopic (exact) mass is 403 g/mol. The van der Waals surface area contributed by atoms with Crippen LogP contribution in [0.5, 0.6) is 0 Å². The van der Waals surface area contributed by atoms with Crippen molar-refractivity contribution >= 4 is 17.5 Å². The van der Waals surface area contributed by atoms with Crippen LogP contribution in [0.3, 0.4) is 0 Å². The van der Waals surface area contributed by atoms with E-state index >= 15 is 0 Å². The van der Waals surface area contributed by atoms with E-state index in [1.807, 2.05) is 49.4 Å². The molecule has 0 unspecified atom stereocenters. The molecule has 0 saturated carbocycles. The molecule has 4 rings (SSSR count). The van der Waals surface area contributed by atoms with E-state index in [0.29, 0.717) is 28.9 Å². The first kappa shape index (κ1) is 18.9. The number of amides is 1. The minimum Gasteiger partial charge on any atom is -0.416 e. The third-order valence-corrected chi connectivity index (χ3v) is 4.88. The lowest BCUT2D eigenvalue weighted by Gasteiger charge is -2.07. The third kappa shape index (κ3) is 4.36. The van der Waals surface area contributed by atoms with Crippen LogP contribution in [0, 0.1) is 6.92 Å². The van der Waals surface area contributed by atoms with Gasteiger partial charge in [0.15, 0.2) is 0 Å². The largest absolute Gasteiger partial charge is 0.416 e. The molecule has 0 atom stereocenters. The Labute approximate surface area is 173 Å². The number of aromatic nitrogens is 2. The second-order valence-corrected chi connectivity index (χ2v) is 7.04. The summed E-state index contributed by atoms with van der Waals surface area (Å²) < 4.78 is 5.78. The summed E-state index contributed by atoms with van der Waals surface area (Å²) in [6, 6.07) is 22.3. The van der Waals surface area contributed by atoms with Crippen LogP contribution in [0.25, 0.3) is 22.9 Å².